The zero-order valence-corrected chi connectivity index (χ0v) is 12.4. The van der Waals surface area contributed by atoms with Gasteiger partial charge in [0.2, 0.25) is 0 Å². The van der Waals surface area contributed by atoms with E-state index in [4.69, 9.17) is 46.4 Å². The van der Waals surface area contributed by atoms with Crippen LogP contribution >= 0.6 is 46.4 Å². The van der Waals surface area contributed by atoms with Gasteiger partial charge in [-0.15, -0.1) is 0 Å². The molecule has 0 saturated carbocycles. The summed E-state index contributed by atoms with van der Waals surface area (Å²) in [6.45, 7) is 0. The molecule has 0 bridgehead atoms. The minimum absolute atomic E-state index is 0.377. The van der Waals surface area contributed by atoms with Crippen molar-refractivity contribution in [2.24, 2.45) is 5.10 Å². The molecule has 1 aromatic carbocycles. The first-order valence-corrected chi connectivity index (χ1v) is 6.63. The normalized spacial score (nSPS) is 10.9. The number of halogens is 4. The first-order chi connectivity index (χ1) is 9.08. The Morgan fingerprint density at radius 1 is 1.11 bits per heavy atom. The molecule has 0 amide bonds. The van der Waals surface area contributed by atoms with Gasteiger partial charge in [0.1, 0.15) is 0 Å². The van der Waals surface area contributed by atoms with Crippen molar-refractivity contribution in [3.63, 3.8) is 0 Å². The highest BCUT2D eigenvalue weighted by atomic mass is 35.5. The zero-order chi connectivity index (χ0) is 13.8. The quantitative estimate of drug-likeness (QED) is 0.623. The van der Waals surface area contributed by atoms with Crippen LogP contribution in [0.1, 0.15) is 5.56 Å². The highest BCUT2D eigenvalue weighted by molar-refractivity contribution is 6.43. The molecule has 0 radical (unpaired) electrons. The molecule has 19 heavy (non-hydrogen) atoms. The number of nitrogens with one attached hydrogen (secondary N) is 1. The van der Waals surface area contributed by atoms with Crippen molar-refractivity contribution >= 4 is 58.4 Å². The Bertz CT molecular complexity index is 628. The third kappa shape index (κ3) is 3.74. The van der Waals surface area contributed by atoms with Crippen LogP contribution in [0.15, 0.2) is 35.6 Å². The fraction of sp³-hybridized carbons (Fsp3) is 0. The van der Waals surface area contributed by atoms with Gasteiger partial charge in [0.25, 0.3) is 0 Å². The Hall–Kier alpha value is -1.000. The SMILES string of the molecule is Clc1cnc(N/N=C\c2cccc(Cl)c2Cl)c(Cl)c1. The highest BCUT2D eigenvalue weighted by Gasteiger charge is 2.03. The van der Waals surface area contributed by atoms with Gasteiger partial charge in [-0.25, -0.2) is 4.98 Å². The molecule has 1 heterocycles. The van der Waals surface area contributed by atoms with E-state index in [-0.39, 0.29) is 0 Å². The number of aromatic nitrogens is 1. The van der Waals surface area contributed by atoms with Gasteiger partial charge in [-0.05, 0) is 12.1 Å². The molecule has 0 aliphatic heterocycles. The average Bonchev–Trinajstić information content (AvgIpc) is 2.37. The maximum atomic E-state index is 6.02. The average molecular weight is 335 g/mol. The third-order valence-corrected chi connectivity index (χ3v) is 3.49. The molecule has 1 N–H and O–H groups in total. The minimum atomic E-state index is 0.377. The maximum Gasteiger partial charge on any atom is 0.165 e. The number of benzene rings is 1. The Balaban J connectivity index is 2.14. The van der Waals surface area contributed by atoms with Crippen LogP contribution in [0.3, 0.4) is 0 Å². The van der Waals surface area contributed by atoms with Crippen LogP contribution < -0.4 is 5.43 Å². The number of hydrogen-bond donors (Lipinski definition) is 1. The van der Waals surface area contributed by atoms with E-state index in [0.29, 0.717) is 31.5 Å². The lowest BCUT2D eigenvalue weighted by Gasteiger charge is -2.03. The molecule has 0 unspecified atom stereocenters. The van der Waals surface area contributed by atoms with Gasteiger partial charge in [0.15, 0.2) is 5.82 Å². The molecule has 2 aromatic rings. The van der Waals surface area contributed by atoms with E-state index in [0.717, 1.165) is 0 Å². The predicted octanol–water partition coefficient (Wildman–Crippen LogP) is 5.14. The van der Waals surface area contributed by atoms with Crippen molar-refractivity contribution in [1.29, 1.82) is 0 Å². The summed E-state index contributed by atoms with van der Waals surface area (Å²) in [5.41, 5.74) is 3.39. The second-order valence-electron chi connectivity index (χ2n) is 3.50. The molecular formula is C12H7Cl4N3. The van der Waals surface area contributed by atoms with Gasteiger partial charge in [0, 0.05) is 11.8 Å². The van der Waals surface area contributed by atoms with Crippen molar-refractivity contribution in [1.82, 2.24) is 4.98 Å². The Morgan fingerprint density at radius 3 is 2.63 bits per heavy atom. The highest BCUT2D eigenvalue weighted by Crippen LogP contribution is 2.25. The van der Waals surface area contributed by atoms with E-state index in [1.54, 1.807) is 24.3 Å². The lowest BCUT2D eigenvalue weighted by molar-refractivity contribution is 1.23. The molecular weight excluding hydrogens is 328 g/mol. The van der Waals surface area contributed by atoms with Gasteiger partial charge in [-0.3, -0.25) is 5.43 Å². The fourth-order valence-electron chi connectivity index (χ4n) is 1.28. The monoisotopic (exact) mass is 333 g/mol. The summed E-state index contributed by atoms with van der Waals surface area (Å²) in [4.78, 5) is 4.00. The molecule has 0 atom stereocenters. The lowest BCUT2D eigenvalue weighted by Crippen LogP contribution is -1.94. The summed E-state index contributed by atoms with van der Waals surface area (Å²) in [6, 6.07) is 6.84. The molecule has 1 aromatic heterocycles. The molecule has 2 rings (SSSR count). The van der Waals surface area contributed by atoms with Crippen LogP contribution in [-0.2, 0) is 0 Å². The predicted molar refractivity (Wildman–Crippen MR) is 81.9 cm³/mol. The number of pyridine rings is 1. The summed E-state index contributed by atoms with van der Waals surface area (Å²) < 4.78 is 0. The van der Waals surface area contributed by atoms with Crippen LogP contribution in [0.5, 0.6) is 0 Å². The van der Waals surface area contributed by atoms with Gasteiger partial charge in [-0.1, -0.05) is 58.5 Å². The van der Waals surface area contributed by atoms with E-state index >= 15 is 0 Å². The Labute approximate surface area is 130 Å². The maximum absolute atomic E-state index is 6.02. The van der Waals surface area contributed by atoms with Gasteiger partial charge in [0.05, 0.1) is 26.3 Å². The number of nitrogens with zero attached hydrogens (tertiary/aromatic N) is 2. The van der Waals surface area contributed by atoms with Crippen molar-refractivity contribution in [3.05, 3.63) is 56.1 Å². The standard InChI is InChI=1S/C12H7Cl4N3/c13-8-4-10(15)12(17-6-8)19-18-5-7-2-1-3-9(14)11(7)16/h1-6H,(H,17,19)/b18-5-. The van der Waals surface area contributed by atoms with E-state index < -0.39 is 0 Å². The summed E-state index contributed by atoms with van der Waals surface area (Å²) in [5.74, 6) is 0.403. The first kappa shape index (κ1) is 14.4. The van der Waals surface area contributed by atoms with E-state index in [1.165, 1.54) is 12.4 Å². The fourth-order valence-corrected chi connectivity index (χ4v) is 2.06. The molecule has 7 heteroatoms. The van der Waals surface area contributed by atoms with Gasteiger partial charge >= 0.3 is 0 Å². The molecule has 0 aliphatic rings. The number of hydrazone groups is 1. The number of hydrogen-bond acceptors (Lipinski definition) is 3. The van der Waals surface area contributed by atoms with Crippen molar-refractivity contribution in [2.75, 3.05) is 5.43 Å². The van der Waals surface area contributed by atoms with E-state index in [1.807, 2.05) is 0 Å². The molecule has 0 fully saturated rings. The third-order valence-electron chi connectivity index (χ3n) is 2.16. The Morgan fingerprint density at radius 2 is 1.89 bits per heavy atom. The summed E-state index contributed by atoms with van der Waals surface area (Å²) in [7, 11) is 0. The van der Waals surface area contributed by atoms with Crippen LogP contribution in [0, 0.1) is 0 Å². The smallest absolute Gasteiger partial charge is 0.165 e. The minimum Gasteiger partial charge on any atom is -0.260 e. The van der Waals surface area contributed by atoms with Crippen LogP contribution in [0.2, 0.25) is 20.1 Å². The first-order valence-electron chi connectivity index (χ1n) is 5.12. The summed E-state index contributed by atoms with van der Waals surface area (Å²) in [6.07, 6.45) is 3.00. The zero-order valence-electron chi connectivity index (χ0n) is 9.37. The molecule has 0 spiro atoms. The molecule has 98 valence electrons. The largest absolute Gasteiger partial charge is 0.260 e. The lowest BCUT2D eigenvalue weighted by atomic mass is 10.2. The second kappa shape index (κ2) is 6.44. The van der Waals surface area contributed by atoms with Crippen molar-refractivity contribution < 1.29 is 0 Å². The number of anilines is 1. The van der Waals surface area contributed by atoms with Crippen LogP contribution in [0.4, 0.5) is 5.82 Å². The molecule has 0 saturated heterocycles. The van der Waals surface area contributed by atoms with Crippen molar-refractivity contribution in [3.8, 4) is 0 Å². The Kier molecular flexibility index (Phi) is 4.88. The molecule has 3 nitrogen and oxygen atoms in total. The van der Waals surface area contributed by atoms with Crippen molar-refractivity contribution in [2.45, 2.75) is 0 Å². The van der Waals surface area contributed by atoms with Gasteiger partial charge < -0.3 is 0 Å². The van der Waals surface area contributed by atoms with E-state index in [2.05, 4.69) is 15.5 Å². The second-order valence-corrected chi connectivity index (χ2v) is 5.13. The number of rotatable bonds is 3. The van der Waals surface area contributed by atoms with Crippen LogP contribution in [-0.4, -0.2) is 11.2 Å². The topological polar surface area (TPSA) is 37.3 Å². The van der Waals surface area contributed by atoms with Crippen LogP contribution in [0.25, 0.3) is 0 Å². The summed E-state index contributed by atoms with van der Waals surface area (Å²) >= 11 is 23.6. The van der Waals surface area contributed by atoms with E-state index in [9.17, 15) is 0 Å². The van der Waals surface area contributed by atoms with Gasteiger partial charge in [-0.2, -0.15) is 5.10 Å². The summed E-state index contributed by atoms with van der Waals surface area (Å²) in [5, 5.41) is 5.73. The molecule has 0 aliphatic carbocycles.